The van der Waals surface area contributed by atoms with E-state index in [9.17, 15) is 4.79 Å². The molecular formula is C12H15ClO2. The van der Waals surface area contributed by atoms with Crippen LogP contribution in [0.2, 0.25) is 0 Å². The molecule has 0 amide bonds. The average molecular weight is 227 g/mol. The van der Waals surface area contributed by atoms with Crippen molar-refractivity contribution >= 4 is 16.8 Å². The van der Waals surface area contributed by atoms with Gasteiger partial charge in [0.25, 0.3) is 5.24 Å². The SMILES string of the molecule is CCc1ccc(OC(C)(C)C(=O)Cl)cc1. The Morgan fingerprint density at radius 3 is 2.27 bits per heavy atom. The van der Waals surface area contributed by atoms with Gasteiger partial charge in [-0.1, -0.05) is 19.1 Å². The molecule has 0 saturated heterocycles. The minimum Gasteiger partial charge on any atom is -0.479 e. The zero-order chi connectivity index (χ0) is 11.5. The number of ether oxygens (including phenoxy) is 1. The van der Waals surface area contributed by atoms with Gasteiger partial charge >= 0.3 is 0 Å². The van der Waals surface area contributed by atoms with E-state index in [-0.39, 0.29) is 0 Å². The Hall–Kier alpha value is -1.02. The summed E-state index contributed by atoms with van der Waals surface area (Å²) < 4.78 is 5.48. The number of aryl methyl sites for hydroxylation is 1. The van der Waals surface area contributed by atoms with E-state index < -0.39 is 10.8 Å². The second kappa shape index (κ2) is 4.67. The molecule has 3 heteroatoms. The summed E-state index contributed by atoms with van der Waals surface area (Å²) in [5.41, 5.74) is 0.257. The number of carbonyl (C=O) groups is 1. The van der Waals surface area contributed by atoms with Crippen LogP contribution >= 0.6 is 11.6 Å². The summed E-state index contributed by atoms with van der Waals surface area (Å²) in [4.78, 5) is 11.0. The first kappa shape index (κ1) is 12.1. The average Bonchev–Trinajstić information content (AvgIpc) is 2.18. The van der Waals surface area contributed by atoms with Gasteiger partial charge in [-0.15, -0.1) is 0 Å². The van der Waals surface area contributed by atoms with Crippen LogP contribution in [0.5, 0.6) is 5.75 Å². The molecule has 0 bridgehead atoms. The molecule has 0 N–H and O–H groups in total. The lowest BCUT2D eigenvalue weighted by Gasteiger charge is -2.21. The molecule has 0 saturated carbocycles. The lowest BCUT2D eigenvalue weighted by Crippen LogP contribution is -2.34. The molecule has 0 atom stereocenters. The zero-order valence-corrected chi connectivity index (χ0v) is 9.97. The number of carbonyl (C=O) groups excluding carboxylic acids is 1. The van der Waals surface area contributed by atoms with Gasteiger partial charge in [-0.3, -0.25) is 4.79 Å². The molecule has 1 aromatic rings. The molecule has 2 nitrogen and oxygen atoms in total. The van der Waals surface area contributed by atoms with E-state index >= 15 is 0 Å². The fraction of sp³-hybridized carbons (Fsp3) is 0.417. The molecule has 0 aliphatic heterocycles. The zero-order valence-electron chi connectivity index (χ0n) is 9.21. The highest BCUT2D eigenvalue weighted by Crippen LogP contribution is 2.20. The second-order valence-electron chi connectivity index (χ2n) is 3.88. The third kappa shape index (κ3) is 3.24. The smallest absolute Gasteiger partial charge is 0.264 e. The normalized spacial score (nSPS) is 11.2. The Balaban J connectivity index is 2.77. The van der Waals surface area contributed by atoms with E-state index in [4.69, 9.17) is 16.3 Å². The van der Waals surface area contributed by atoms with Gasteiger partial charge in [-0.05, 0) is 49.6 Å². The van der Waals surface area contributed by atoms with Crippen LogP contribution in [0.4, 0.5) is 0 Å². The first-order chi connectivity index (χ1) is 6.95. The fourth-order valence-corrected chi connectivity index (χ4v) is 1.17. The van der Waals surface area contributed by atoms with Crippen LogP contribution in [-0.4, -0.2) is 10.8 Å². The molecule has 0 aliphatic rings. The molecule has 0 radical (unpaired) electrons. The lowest BCUT2D eigenvalue weighted by molar-refractivity contribution is -0.123. The summed E-state index contributed by atoms with van der Waals surface area (Å²) in [5, 5.41) is -0.498. The van der Waals surface area contributed by atoms with Gasteiger partial charge < -0.3 is 4.74 Å². The highest BCUT2D eigenvalue weighted by molar-refractivity contribution is 6.65. The summed E-state index contributed by atoms with van der Waals surface area (Å²) in [5.74, 6) is 0.659. The summed E-state index contributed by atoms with van der Waals surface area (Å²) in [6, 6.07) is 7.65. The minimum absolute atomic E-state index is 0.498. The molecule has 0 aromatic heterocycles. The molecule has 1 rings (SSSR count). The number of rotatable bonds is 4. The summed E-state index contributed by atoms with van der Waals surface area (Å²) in [7, 11) is 0. The molecule has 0 heterocycles. The summed E-state index contributed by atoms with van der Waals surface area (Å²) in [6.07, 6.45) is 0.984. The van der Waals surface area contributed by atoms with Crippen molar-refractivity contribution in [1.82, 2.24) is 0 Å². The molecule has 0 fully saturated rings. The third-order valence-corrected chi connectivity index (χ3v) is 2.63. The monoisotopic (exact) mass is 226 g/mol. The number of halogens is 1. The molecule has 0 aliphatic carbocycles. The van der Waals surface area contributed by atoms with Gasteiger partial charge in [0, 0.05) is 0 Å². The van der Waals surface area contributed by atoms with Gasteiger partial charge in [-0.25, -0.2) is 0 Å². The Bertz CT molecular complexity index is 341. The van der Waals surface area contributed by atoms with Gasteiger partial charge in [0.05, 0.1) is 0 Å². The quantitative estimate of drug-likeness (QED) is 0.738. The molecule has 0 spiro atoms. The molecule has 82 valence electrons. The molecule has 0 unspecified atom stereocenters. The Labute approximate surface area is 95.2 Å². The fourth-order valence-electron chi connectivity index (χ4n) is 1.13. The lowest BCUT2D eigenvalue weighted by atomic mass is 10.1. The van der Waals surface area contributed by atoms with Crippen molar-refractivity contribution in [2.24, 2.45) is 0 Å². The van der Waals surface area contributed by atoms with E-state index in [1.807, 2.05) is 24.3 Å². The topological polar surface area (TPSA) is 26.3 Å². The van der Waals surface area contributed by atoms with E-state index in [1.54, 1.807) is 13.8 Å². The van der Waals surface area contributed by atoms with E-state index in [0.717, 1.165) is 6.42 Å². The van der Waals surface area contributed by atoms with Gasteiger partial charge in [0.2, 0.25) is 0 Å². The van der Waals surface area contributed by atoms with Crippen molar-refractivity contribution < 1.29 is 9.53 Å². The van der Waals surface area contributed by atoms with Crippen molar-refractivity contribution in [3.63, 3.8) is 0 Å². The molecular weight excluding hydrogens is 212 g/mol. The maximum Gasteiger partial charge on any atom is 0.264 e. The summed E-state index contributed by atoms with van der Waals surface area (Å²) >= 11 is 5.41. The third-order valence-electron chi connectivity index (χ3n) is 2.18. The van der Waals surface area contributed by atoms with Crippen LogP contribution in [0, 0.1) is 0 Å². The second-order valence-corrected chi connectivity index (χ2v) is 4.23. The largest absolute Gasteiger partial charge is 0.479 e. The van der Waals surface area contributed by atoms with Crippen molar-refractivity contribution in [1.29, 1.82) is 0 Å². The van der Waals surface area contributed by atoms with Gasteiger partial charge in [-0.2, -0.15) is 0 Å². The van der Waals surface area contributed by atoms with Gasteiger partial charge in [0.1, 0.15) is 5.75 Å². The Kier molecular flexibility index (Phi) is 3.75. The van der Waals surface area contributed by atoms with Crippen LogP contribution in [0.3, 0.4) is 0 Å². The van der Waals surface area contributed by atoms with E-state index in [0.29, 0.717) is 5.75 Å². The molecule has 1 aromatic carbocycles. The number of hydrogen-bond acceptors (Lipinski definition) is 2. The maximum absolute atomic E-state index is 11.0. The predicted octanol–water partition coefficient (Wildman–Crippen LogP) is 3.17. The van der Waals surface area contributed by atoms with Crippen LogP contribution in [0.25, 0.3) is 0 Å². The first-order valence-electron chi connectivity index (χ1n) is 4.93. The first-order valence-corrected chi connectivity index (χ1v) is 5.31. The van der Waals surface area contributed by atoms with Crippen LogP contribution in [0.15, 0.2) is 24.3 Å². The van der Waals surface area contributed by atoms with Crippen LogP contribution < -0.4 is 4.74 Å². The minimum atomic E-state index is -0.977. The van der Waals surface area contributed by atoms with Gasteiger partial charge in [0.15, 0.2) is 5.60 Å². The Morgan fingerprint density at radius 2 is 1.87 bits per heavy atom. The summed E-state index contributed by atoms with van der Waals surface area (Å²) in [6.45, 7) is 5.38. The predicted molar refractivity (Wildman–Crippen MR) is 61.4 cm³/mol. The number of benzene rings is 1. The van der Waals surface area contributed by atoms with Crippen LogP contribution in [0.1, 0.15) is 26.3 Å². The van der Waals surface area contributed by atoms with Crippen molar-refractivity contribution in [3.8, 4) is 5.75 Å². The van der Waals surface area contributed by atoms with Crippen molar-refractivity contribution in [3.05, 3.63) is 29.8 Å². The highest BCUT2D eigenvalue weighted by Gasteiger charge is 2.27. The standard InChI is InChI=1S/C12H15ClO2/c1-4-9-5-7-10(8-6-9)15-12(2,3)11(13)14/h5-8H,4H2,1-3H3. The highest BCUT2D eigenvalue weighted by atomic mass is 35.5. The van der Waals surface area contributed by atoms with E-state index in [1.165, 1.54) is 5.56 Å². The van der Waals surface area contributed by atoms with Crippen molar-refractivity contribution in [2.45, 2.75) is 32.8 Å². The van der Waals surface area contributed by atoms with Crippen molar-refractivity contribution in [2.75, 3.05) is 0 Å². The van der Waals surface area contributed by atoms with Crippen LogP contribution in [-0.2, 0) is 11.2 Å². The maximum atomic E-state index is 11.0. The van der Waals surface area contributed by atoms with E-state index in [2.05, 4.69) is 6.92 Å². The molecule has 15 heavy (non-hydrogen) atoms. The Morgan fingerprint density at radius 1 is 1.33 bits per heavy atom. The number of hydrogen-bond donors (Lipinski definition) is 0.